The van der Waals surface area contributed by atoms with Crippen molar-refractivity contribution in [1.29, 1.82) is 0 Å². The van der Waals surface area contributed by atoms with Gasteiger partial charge in [0.15, 0.2) is 0 Å². The number of benzene rings is 2. The third-order valence-corrected chi connectivity index (χ3v) is 5.66. The van der Waals surface area contributed by atoms with Gasteiger partial charge in [0.05, 0.1) is 23.4 Å². The zero-order chi connectivity index (χ0) is 21.8. The minimum atomic E-state index is -0.300. The van der Waals surface area contributed by atoms with Crippen molar-refractivity contribution < 1.29 is 14.4 Å². The number of amides is 3. The van der Waals surface area contributed by atoms with E-state index in [9.17, 15) is 14.4 Å². The Bertz CT molecular complexity index is 1080. The summed E-state index contributed by atoms with van der Waals surface area (Å²) in [7, 11) is 0. The van der Waals surface area contributed by atoms with Gasteiger partial charge in [-0.3, -0.25) is 24.3 Å². The fraction of sp³-hybridized carbons (Fsp3) is 0.167. The van der Waals surface area contributed by atoms with Gasteiger partial charge in [-0.25, -0.2) is 0 Å². The number of rotatable bonds is 7. The lowest BCUT2D eigenvalue weighted by Crippen LogP contribution is -2.33. The topological polar surface area (TPSA) is 70.6 Å². The van der Waals surface area contributed by atoms with E-state index < -0.39 is 0 Å². The molecule has 3 amide bonds. The van der Waals surface area contributed by atoms with Gasteiger partial charge in [-0.05, 0) is 55.0 Å². The largest absolute Gasteiger partial charge is 0.306 e. The molecule has 0 spiro atoms. The Labute approximate surface area is 188 Å². The lowest BCUT2D eigenvalue weighted by Gasteiger charge is -2.23. The van der Waals surface area contributed by atoms with Crippen molar-refractivity contribution in [3.63, 3.8) is 0 Å². The number of aromatic nitrogens is 1. The molecule has 2 aromatic carbocycles. The van der Waals surface area contributed by atoms with Gasteiger partial charge in [0, 0.05) is 29.3 Å². The molecule has 0 saturated heterocycles. The standard InChI is InChI=1S/C24H20BrN3O3/c25-17-10-12-19(13-11-17)28(16-18-6-3-4-14-26-18)22(29)9-5-15-27-23(30)20-7-1-2-8-21(20)24(27)31/h1-4,6-8,10-14H,5,9,15-16H2. The summed E-state index contributed by atoms with van der Waals surface area (Å²) in [6.07, 6.45) is 2.29. The van der Waals surface area contributed by atoms with Crippen LogP contribution in [-0.4, -0.2) is 34.2 Å². The third kappa shape index (κ3) is 4.56. The number of carbonyl (C=O) groups excluding carboxylic acids is 3. The van der Waals surface area contributed by atoms with E-state index >= 15 is 0 Å². The molecular formula is C24H20BrN3O3. The van der Waals surface area contributed by atoms with Gasteiger partial charge in [0.2, 0.25) is 5.91 Å². The van der Waals surface area contributed by atoms with Crippen LogP contribution in [0.25, 0.3) is 0 Å². The van der Waals surface area contributed by atoms with Crippen LogP contribution in [0.4, 0.5) is 5.69 Å². The van der Waals surface area contributed by atoms with Crippen LogP contribution < -0.4 is 4.90 Å². The van der Waals surface area contributed by atoms with Crippen LogP contribution in [0.2, 0.25) is 0 Å². The summed E-state index contributed by atoms with van der Waals surface area (Å²) < 4.78 is 0.923. The molecule has 3 aromatic rings. The number of carbonyl (C=O) groups is 3. The van der Waals surface area contributed by atoms with E-state index in [2.05, 4.69) is 20.9 Å². The van der Waals surface area contributed by atoms with Crippen LogP contribution in [0, 0.1) is 0 Å². The van der Waals surface area contributed by atoms with Gasteiger partial charge in [-0.1, -0.05) is 34.1 Å². The van der Waals surface area contributed by atoms with Crippen LogP contribution in [0.5, 0.6) is 0 Å². The van der Waals surface area contributed by atoms with Crippen LogP contribution >= 0.6 is 15.9 Å². The second-order valence-electron chi connectivity index (χ2n) is 7.19. The van der Waals surface area contributed by atoms with E-state index in [0.29, 0.717) is 24.1 Å². The zero-order valence-electron chi connectivity index (χ0n) is 16.7. The van der Waals surface area contributed by atoms with Crippen molar-refractivity contribution >= 4 is 39.3 Å². The van der Waals surface area contributed by atoms with E-state index in [0.717, 1.165) is 15.9 Å². The molecule has 7 heteroatoms. The average Bonchev–Trinajstić information content (AvgIpc) is 3.04. The maximum Gasteiger partial charge on any atom is 0.261 e. The molecule has 0 radical (unpaired) electrons. The molecule has 0 N–H and O–H groups in total. The molecule has 0 aliphatic carbocycles. The maximum atomic E-state index is 13.1. The zero-order valence-corrected chi connectivity index (χ0v) is 18.3. The summed E-state index contributed by atoms with van der Waals surface area (Å²) in [6, 6.07) is 19.9. The highest BCUT2D eigenvalue weighted by Crippen LogP contribution is 2.24. The maximum absolute atomic E-state index is 13.1. The summed E-state index contributed by atoms with van der Waals surface area (Å²) in [6.45, 7) is 0.546. The number of pyridine rings is 1. The molecule has 0 saturated carbocycles. The molecule has 156 valence electrons. The Morgan fingerprint density at radius 1 is 0.903 bits per heavy atom. The van der Waals surface area contributed by atoms with E-state index in [4.69, 9.17) is 0 Å². The van der Waals surface area contributed by atoms with Crippen molar-refractivity contribution in [2.24, 2.45) is 0 Å². The van der Waals surface area contributed by atoms with Gasteiger partial charge < -0.3 is 4.90 Å². The lowest BCUT2D eigenvalue weighted by atomic mass is 10.1. The van der Waals surface area contributed by atoms with Crippen molar-refractivity contribution in [3.8, 4) is 0 Å². The van der Waals surface area contributed by atoms with E-state index in [-0.39, 0.29) is 30.7 Å². The van der Waals surface area contributed by atoms with Gasteiger partial charge in [0.25, 0.3) is 11.8 Å². The monoisotopic (exact) mass is 477 g/mol. The fourth-order valence-electron chi connectivity index (χ4n) is 3.56. The van der Waals surface area contributed by atoms with Crippen LogP contribution in [0.15, 0.2) is 77.4 Å². The van der Waals surface area contributed by atoms with Gasteiger partial charge in [-0.15, -0.1) is 0 Å². The number of nitrogens with zero attached hydrogens (tertiary/aromatic N) is 3. The first-order chi connectivity index (χ1) is 15.0. The molecule has 31 heavy (non-hydrogen) atoms. The van der Waals surface area contributed by atoms with E-state index in [1.807, 2.05) is 42.5 Å². The predicted molar refractivity (Wildman–Crippen MR) is 121 cm³/mol. The molecule has 0 fully saturated rings. The minimum absolute atomic E-state index is 0.0930. The molecular weight excluding hydrogens is 458 g/mol. The van der Waals surface area contributed by atoms with E-state index in [1.54, 1.807) is 35.4 Å². The molecule has 0 unspecified atom stereocenters. The normalized spacial score (nSPS) is 12.7. The number of fused-ring (bicyclic) bond motifs is 1. The SMILES string of the molecule is O=C1c2ccccc2C(=O)N1CCCC(=O)N(Cc1ccccn1)c1ccc(Br)cc1. The molecule has 1 aliphatic rings. The Balaban J connectivity index is 1.44. The second-order valence-corrected chi connectivity index (χ2v) is 8.10. The van der Waals surface area contributed by atoms with Crippen LogP contribution in [0.3, 0.4) is 0 Å². The summed E-state index contributed by atoms with van der Waals surface area (Å²) in [5.74, 6) is -0.692. The quantitative estimate of drug-likeness (QED) is 0.471. The highest BCUT2D eigenvalue weighted by molar-refractivity contribution is 9.10. The van der Waals surface area contributed by atoms with Gasteiger partial charge in [0.1, 0.15) is 0 Å². The Morgan fingerprint density at radius 2 is 1.55 bits per heavy atom. The first-order valence-corrected chi connectivity index (χ1v) is 10.7. The summed E-state index contributed by atoms with van der Waals surface area (Å²) in [5.41, 5.74) is 2.38. The lowest BCUT2D eigenvalue weighted by molar-refractivity contribution is -0.118. The smallest absolute Gasteiger partial charge is 0.261 e. The molecule has 0 bridgehead atoms. The second kappa shape index (κ2) is 9.22. The van der Waals surface area contributed by atoms with Gasteiger partial charge in [-0.2, -0.15) is 0 Å². The molecule has 0 atom stereocenters. The molecule has 2 heterocycles. The molecule has 6 nitrogen and oxygen atoms in total. The number of hydrogen-bond acceptors (Lipinski definition) is 4. The van der Waals surface area contributed by atoms with Crippen molar-refractivity contribution in [1.82, 2.24) is 9.88 Å². The minimum Gasteiger partial charge on any atom is -0.306 e. The fourth-order valence-corrected chi connectivity index (χ4v) is 3.83. The Kier molecular flexibility index (Phi) is 6.23. The summed E-state index contributed by atoms with van der Waals surface area (Å²) in [4.78, 5) is 45.3. The van der Waals surface area contributed by atoms with Crippen LogP contribution in [-0.2, 0) is 11.3 Å². The van der Waals surface area contributed by atoms with Crippen LogP contribution in [0.1, 0.15) is 39.3 Å². The number of halogens is 1. The van der Waals surface area contributed by atoms with E-state index in [1.165, 1.54) is 4.90 Å². The third-order valence-electron chi connectivity index (χ3n) is 5.14. The summed E-state index contributed by atoms with van der Waals surface area (Å²) in [5, 5.41) is 0. The van der Waals surface area contributed by atoms with Crippen molar-refractivity contribution in [3.05, 3.63) is 94.2 Å². The predicted octanol–water partition coefficient (Wildman–Crippen LogP) is 4.45. The number of anilines is 1. The Hall–Kier alpha value is -3.32. The number of imide groups is 1. The highest BCUT2D eigenvalue weighted by atomic mass is 79.9. The highest BCUT2D eigenvalue weighted by Gasteiger charge is 2.34. The van der Waals surface area contributed by atoms with Crippen molar-refractivity contribution in [2.75, 3.05) is 11.4 Å². The van der Waals surface area contributed by atoms with Crippen molar-refractivity contribution in [2.45, 2.75) is 19.4 Å². The average molecular weight is 478 g/mol. The summed E-state index contributed by atoms with van der Waals surface area (Å²) >= 11 is 3.42. The first kappa shape index (κ1) is 20.9. The Morgan fingerprint density at radius 3 is 2.16 bits per heavy atom. The molecule has 1 aliphatic heterocycles. The number of hydrogen-bond donors (Lipinski definition) is 0. The molecule has 1 aromatic heterocycles. The molecule has 4 rings (SSSR count). The first-order valence-electron chi connectivity index (χ1n) is 9.95. The van der Waals surface area contributed by atoms with Gasteiger partial charge >= 0.3 is 0 Å².